The van der Waals surface area contributed by atoms with Crippen molar-refractivity contribution in [2.24, 2.45) is 0 Å². The van der Waals surface area contributed by atoms with Gasteiger partial charge in [0, 0.05) is 30.2 Å². The molecule has 0 atom stereocenters. The highest BCUT2D eigenvalue weighted by Gasteiger charge is 2.41. The first-order valence-corrected chi connectivity index (χ1v) is 8.56. The van der Waals surface area contributed by atoms with E-state index in [4.69, 9.17) is 11.6 Å². The van der Waals surface area contributed by atoms with E-state index in [0.717, 1.165) is 23.2 Å². The van der Waals surface area contributed by atoms with E-state index in [1.807, 2.05) is 0 Å². The third-order valence-electron chi connectivity index (χ3n) is 4.11. The third kappa shape index (κ3) is 4.40. The number of nitrogens with zero attached hydrogens (tertiary/aromatic N) is 3. The number of rotatable bonds is 4. The number of carbonyl (C=O) groups excluding carboxylic acids is 1. The molecule has 2 aromatic carbocycles. The molecule has 0 bridgehead atoms. The number of alkyl halides is 3. The summed E-state index contributed by atoms with van der Waals surface area (Å²) in [5.74, 6) is -2.72. The monoisotopic (exact) mass is 429 g/mol. The van der Waals surface area contributed by atoms with E-state index in [0.29, 0.717) is 15.8 Å². The van der Waals surface area contributed by atoms with E-state index >= 15 is 0 Å². The lowest BCUT2D eigenvalue weighted by atomic mass is 10.1. The maximum Gasteiger partial charge on any atom is 0.434 e. The van der Waals surface area contributed by atoms with Crippen molar-refractivity contribution in [3.63, 3.8) is 0 Å². The zero-order chi connectivity index (χ0) is 21.3. The van der Waals surface area contributed by atoms with Crippen molar-refractivity contribution in [3.8, 4) is 5.69 Å². The van der Waals surface area contributed by atoms with Gasteiger partial charge in [0.15, 0.2) is 5.69 Å². The average Bonchev–Trinajstić information content (AvgIpc) is 3.09. The zero-order valence-corrected chi connectivity index (χ0v) is 15.6. The second-order valence-electron chi connectivity index (χ2n) is 6.19. The van der Waals surface area contributed by atoms with Crippen molar-refractivity contribution < 1.29 is 26.7 Å². The number of hydrogen-bond acceptors (Lipinski definition) is 2. The molecule has 0 aliphatic carbocycles. The lowest BCUT2D eigenvalue weighted by Gasteiger charge is -2.19. The Balaban J connectivity index is 1.97. The van der Waals surface area contributed by atoms with Crippen molar-refractivity contribution in [1.29, 1.82) is 0 Å². The molecule has 0 unspecified atom stereocenters. The Morgan fingerprint density at radius 3 is 2.38 bits per heavy atom. The Kier molecular flexibility index (Phi) is 5.61. The minimum absolute atomic E-state index is 0.0408. The molecule has 0 aliphatic heterocycles. The number of amides is 1. The summed E-state index contributed by atoms with van der Waals surface area (Å²) in [5, 5.41) is 4.03. The van der Waals surface area contributed by atoms with E-state index in [1.54, 1.807) is 0 Å². The Morgan fingerprint density at radius 2 is 1.79 bits per heavy atom. The number of benzene rings is 2. The molecule has 0 N–H and O–H groups in total. The van der Waals surface area contributed by atoms with Crippen LogP contribution >= 0.6 is 11.6 Å². The third-order valence-corrected chi connectivity index (χ3v) is 4.36. The summed E-state index contributed by atoms with van der Waals surface area (Å²) in [6, 6.07) is 8.19. The Morgan fingerprint density at radius 1 is 1.14 bits per heavy atom. The molecule has 3 aromatic rings. The molecule has 152 valence electrons. The Hall–Kier alpha value is -2.94. The van der Waals surface area contributed by atoms with Gasteiger partial charge < -0.3 is 4.90 Å². The minimum Gasteiger partial charge on any atom is -0.337 e. The van der Waals surface area contributed by atoms with Gasteiger partial charge >= 0.3 is 6.18 Å². The van der Waals surface area contributed by atoms with Crippen LogP contribution in [-0.4, -0.2) is 27.6 Å². The van der Waals surface area contributed by atoms with Crippen LogP contribution in [0.3, 0.4) is 0 Å². The molecular weight excluding hydrogens is 417 g/mol. The van der Waals surface area contributed by atoms with Gasteiger partial charge in [0.05, 0.1) is 17.4 Å². The summed E-state index contributed by atoms with van der Waals surface area (Å²) in [6.45, 7) is -0.353. The molecule has 1 heterocycles. The van der Waals surface area contributed by atoms with E-state index in [-0.39, 0.29) is 17.8 Å². The van der Waals surface area contributed by atoms with Gasteiger partial charge in [-0.2, -0.15) is 18.3 Å². The molecule has 0 saturated heterocycles. The molecule has 29 heavy (non-hydrogen) atoms. The smallest absolute Gasteiger partial charge is 0.337 e. The van der Waals surface area contributed by atoms with E-state index in [2.05, 4.69) is 5.10 Å². The Bertz CT molecular complexity index is 1050. The van der Waals surface area contributed by atoms with Gasteiger partial charge in [0.25, 0.3) is 5.91 Å². The molecule has 0 fully saturated rings. The van der Waals surface area contributed by atoms with Crippen LogP contribution in [0.25, 0.3) is 5.69 Å². The minimum atomic E-state index is -4.89. The van der Waals surface area contributed by atoms with Gasteiger partial charge in [0.1, 0.15) is 11.6 Å². The van der Waals surface area contributed by atoms with Crippen LogP contribution in [0.2, 0.25) is 5.02 Å². The number of halogens is 6. The van der Waals surface area contributed by atoms with Gasteiger partial charge in [-0.05, 0) is 30.3 Å². The Labute approximate surface area is 167 Å². The maximum atomic E-state index is 13.8. The highest BCUT2D eigenvalue weighted by Crippen LogP contribution is 2.34. The fourth-order valence-electron chi connectivity index (χ4n) is 2.74. The molecule has 0 saturated carbocycles. The van der Waals surface area contributed by atoms with Crippen molar-refractivity contribution in [1.82, 2.24) is 14.7 Å². The number of hydrogen-bond donors (Lipinski definition) is 0. The topological polar surface area (TPSA) is 38.1 Å². The summed E-state index contributed by atoms with van der Waals surface area (Å²) in [4.78, 5) is 13.5. The SMILES string of the molecule is CN(Cc1ccc(F)cc1F)C(=O)c1cnn(-c2ccc(Cl)cc2)c1C(F)(F)F. The quantitative estimate of drug-likeness (QED) is 0.541. The van der Waals surface area contributed by atoms with Crippen LogP contribution in [0.5, 0.6) is 0 Å². The standard InChI is InChI=1S/C19H13ClF5N3O/c1-27(10-11-2-5-13(21)8-16(11)22)18(29)15-9-26-28(17(15)19(23,24)25)14-6-3-12(20)4-7-14/h2-9H,10H2,1H3. The highest BCUT2D eigenvalue weighted by molar-refractivity contribution is 6.30. The first kappa shape index (κ1) is 20.8. The predicted molar refractivity (Wildman–Crippen MR) is 95.7 cm³/mol. The molecule has 3 rings (SSSR count). The first-order valence-electron chi connectivity index (χ1n) is 8.18. The van der Waals surface area contributed by atoms with Gasteiger partial charge in [0.2, 0.25) is 0 Å². The van der Waals surface area contributed by atoms with Crippen molar-refractivity contribution in [3.05, 3.63) is 82.1 Å². The second-order valence-corrected chi connectivity index (χ2v) is 6.63. The molecule has 10 heteroatoms. The molecular formula is C19H13ClF5N3O. The molecule has 0 radical (unpaired) electrons. The van der Waals surface area contributed by atoms with Crippen LogP contribution in [0, 0.1) is 11.6 Å². The fourth-order valence-corrected chi connectivity index (χ4v) is 2.86. The van der Waals surface area contributed by atoms with Crippen molar-refractivity contribution in [2.45, 2.75) is 12.7 Å². The van der Waals surface area contributed by atoms with Crippen molar-refractivity contribution in [2.75, 3.05) is 7.05 Å². The van der Waals surface area contributed by atoms with E-state index in [9.17, 15) is 26.7 Å². The molecule has 0 aliphatic rings. The number of aromatic nitrogens is 2. The first-order chi connectivity index (χ1) is 13.6. The van der Waals surface area contributed by atoms with Crippen LogP contribution in [-0.2, 0) is 12.7 Å². The summed E-state index contributed by atoms with van der Waals surface area (Å²) in [5.41, 5.74) is -1.94. The summed E-state index contributed by atoms with van der Waals surface area (Å²) < 4.78 is 68.5. The van der Waals surface area contributed by atoms with Crippen LogP contribution in [0.1, 0.15) is 21.6 Å². The summed E-state index contributed by atoms with van der Waals surface area (Å²) in [7, 11) is 1.21. The lowest BCUT2D eigenvalue weighted by Crippen LogP contribution is -2.29. The van der Waals surface area contributed by atoms with Crippen LogP contribution in [0.4, 0.5) is 22.0 Å². The molecule has 0 spiro atoms. The van der Waals surface area contributed by atoms with Crippen LogP contribution < -0.4 is 0 Å². The van der Waals surface area contributed by atoms with E-state index < -0.39 is 35.0 Å². The van der Waals surface area contributed by atoms with Gasteiger partial charge in [-0.25, -0.2) is 13.5 Å². The normalized spacial score (nSPS) is 11.6. The average molecular weight is 430 g/mol. The fraction of sp³-hybridized carbons (Fsp3) is 0.158. The van der Waals surface area contributed by atoms with Gasteiger partial charge in [-0.15, -0.1) is 0 Å². The molecule has 4 nitrogen and oxygen atoms in total. The maximum absolute atomic E-state index is 13.8. The highest BCUT2D eigenvalue weighted by atomic mass is 35.5. The number of carbonyl (C=O) groups is 1. The second kappa shape index (κ2) is 7.82. The van der Waals surface area contributed by atoms with Gasteiger partial charge in [-0.3, -0.25) is 4.79 Å². The largest absolute Gasteiger partial charge is 0.434 e. The lowest BCUT2D eigenvalue weighted by molar-refractivity contribution is -0.143. The predicted octanol–water partition coefficient (Wildman–Crippen LogP) is 5.09. The van der Waals surface area contributed by atoms with E-state index in [1.165, 1.54) is 31.3 Å². The summed E-state index contributed by atoms with van der Waals surface area (Å²) in [6.07, 6.45) is -4.08. The van der Waals surface area contributed by atoms with Crippen molar-refractivity contribution >= 4 is 17.5 Å². The summed E-state index contributed by atoms with van der Waals surface area (Å²) >= 11 is 5.76. The molecule has 1 amide bonds. The molecule has 1 aromatic heterocycles. The zero-order valence-electron chi connectivity index (χ0n) is 14.8. The van der Waals surface area contributed by atoms with Crippen LogP contribution in [0.15, 0.2) is 48.7 Å². The van der Waals surface area contributed by atoms with Gasteiger partial charge in [-0.1, -0.05) is 17.7 Å².